The number of ether oxygens (including phenoxy) is 1. The number of hydrogen-bond donors (Lipinski definition) is 0. The Morgan fingerprint density at radius 2 is 1.79 bits per heavy atom. The molecule has 0 rings (SSSR count). The number of hydrogen-bond acceptors (Lipinski definition) is 4. The van der Waals surface area contributed by atoms with E-state index in [0.717, 1.165) is 0 Å². The zero-order valence-corrected chi connectivity index (χ0v) is 11.7. The monoisotopic (exact) mass is 338 g/mol. The first-order valence-electron chi connectivity index (χ1n) is 4.10. The number of halogens is 2. The predicted octanol–water partition coefficient (Wildman–Crippen LogP) is 1.19. The number of alkyl halides is 2. The van der Waals surface area contributed by atoms with Crippen molar-refractivity contribution in [3.8, 4) is 0 Å². The lowest BCUT2D eigenvalue weighted by molar-refractivity contribution is 0.0644. The van der Waals surface area contributed by atoms with E-state index < -0.39 is 15.5 Å². The standard InChI is InChI=1S/C7H16FIO4Si/c1-10-4-5-13-14(11-2,12-3)7(9)6-8/h7H,4-6H2,1-3H3. The molecule has 0 saturated carbocycles. The third-order valence-electron chi connectivity index (χ3n) is 1.68. The Morgan fingerprint density at radius 1 is 1.21 bits per heavy atom. The zero-order valence-electron chi connectivity index (χ0n) is 8.59. The molecule has 1 atom stereocenters. The van der Waals surface area contributed by atoms with Crippen LogP contribution in [-0.4, -0.2) is 53.6 Å². The molecule has 0 saturated heterocycles. The van der Waals surface area contributed by atoms with Crippen LogP contribution in [0.1, 0.15) is 0 Å². The van der Waals surface area contributed by atoms with Gasteiger partial charge in [-0.15, -0.1) is 0 Å². The summed E-state index contributed by atoms with van der Waals surface area (Å²) in [5.41, 5.74) is 0. The molecule has 0 N–H and O–H groups in total. The molecule has 14 heavy (non-hydrogen) atoms. The van der Waals surface area contributed by atoms with E-state index in [1.54, 1.807) is 7.11 Å². The van der Waals surface area contributed by atoms with Crippen LogP contribution in [0.25, 0.3) is 0 Å². The third kappa shape index (κ3) is 4.07. The summed E-state index contributed by atoms with van der Waals surface area (Å²) in [5.74, 6) is 0. The van der Waals surface area contributed by atoms with Crippen LogP contribution in [0.15, 0.2) is 0 Å². The second-order valence-electron chi connectivity index (χ2n) is 2.47. The van der Waals surface area contributed by atoms with E-state index in [-0.39, 0.29) is 3.55 Å². The van der Waals surface area contributed by atoms with Gasteiger partial charge in [0.1, 0.15) is 10.2 Å². The van der Waals surface area contributed by atoms with Gasteiger partial charge in [-0.3, -0.25) is 0 Å². The van der Waals surface area contributed by atoms with Crippen LogP contribution in [-0.2, 0) is 18.0 Å². The first-order valence-corrected chi connectivity index (χ1v) is 7.14. The highest BCUT2D eigenvalue weighted by Crippen LogP contribution is 2.20. The molecule has 0 aliphatic rings. The van der Waals surface area contributed by atoms with Crippen LogP contribution in [0.2, 0.25) is 0 Å². The molecule has 4 nitrogen and oxygen atoms in total. The lowest BCUT2D eigenvalue weighted by Gasteiger charge is -2.28. The Labute approximate surface area is 98.6 Å². The van der Waals surface area contributed by atoms with Gasteiger partial charge in [0.15, 0.2) is 0 Å². The van der Waals surface area contributed by atoms with E-state index in [0.29, 0.717) is 13.2 Å². The summed E-state index contributed by atoms with van der Waals surface area (Å²) in [6.07, 6.45) is 0. The Hall–Kier alpha value is 0.717. The summed E-state index contributed by atoms with van der Waals surface area (Å²) >= 11 is 1.94. The van der Waals surface area contributed by atoms with Gasteiger partial charge >= 0.3 is 8.80 Å². The SMILES string of the molecule is COCCO[Si](OC)(OC)C(I)CF. The van der Waals surface area contributed by atoms with Crippen LogP contribution in [0.5, 0.6) is 0 Å². The average Bonchev–Trinajstić information content (AvgIpc) is 2.24. The van der Waals surface area contributed by atoms with Gasteiger partial charge in [-0.2, -0.15) is 0 Å². The Kier molecular flexibility index (Phi) is 8.34. The van der Waals surface area contributed by atoms with Gasteiger partial charge in [0.2, 0.25) is 0 Å². The number of methoxy groups -OCH3 is 1. The molecule has 86 valence electrons. The van der Waals surface area contributed by atoms with Crippen molar-refractivity contribution < 1.29 is 22.4 Å². The second kappa shape index (κ2) is 7.94. The first kappa shape index (κ1) is 14.7. The lowest BCUT2D eigenvalue weighted by Crippen LogP contribution is -2.53. The van der Waals surface area contributed by atoms with E-state index in [1.807, 2.05) is 22.6 Å². The van der Waals surface area contributed by atoms with Crippen molar-refractivity contribution in [3.05, 3.63) is 0 Å². The van der Waals surface area contributed by atoms with Gasteiger partial charge in [0.25, 0.3) is 0 Å². The van der Waals surface area contributed by atoms with Crippen molar-refractivity contribution in [2.45, 2.75) is 3.55 Å². The van der Waals surface area contributed by atoms with Crippen LogP contribution in [0.4, 0.5) is 4.39 Å². The van der Waals surface area contributed by atoms with Crippen molar-refractivity contribution in [3.63, 3.8) is 0 Å². The van der Waals surface area contributed by atoms with Crippen LogP contribution < -0.4 is 0 Å². The maximum Gasteiger partial charge on any atom is 0.516 e. The molecule has 0 aromatic rings. The average molecular weight is 338 g/mol. The fourth-order valence-corrected chi connectivity index (χ4v) is 4.63. The molecule has 0 aromatic heterocycles. The van der Waals surface area contributed by atoms with Crippen molar-refractivity contribution in [1.29, 1.82) is 0 Å². The highest BCUT2D eigenvalue weighted by molar-refractivity contribution is 14.1. The van der Waals surface area contributed by atoms with Crippen LogP contribution in [0, 0.1) is 0 Å². The molecular weight excluding hydrogens is 322 g/mol. The summed E-state index contributed by atoms with van der Waals surface area (Å²) in [6.45, 7) is 0.266. The van der Waals surface area contributed by atoms with Gasteiger partial charge in [0.05, 0.1) is 13.2 Å². The predicted molar refractivity (Wildman–Crippen MR) is 61.4 cm³/mol. The molecule has 7 heteroatoms. The molecular formula is C7H16FIO4Si. The largest absolute Gasteiger partial charge is 0.516 e. The fourth-order valence-electron chi connectivity index (χ4n) is 0.909. The Bertz CT molecular complexity index is 148. The third-order valence-corrected chi connectivity index (χ3v) is 6.97. The normalized spacial score (nSPS) is 14.4. The minimum Gasteiger partial charge on any atom is -0.382 e. The molecule has 0 aromatic carbocycles. The van der Waals surface area contributed by atoms with Gasteiger partial charge in [-0.1, -0.05) is 22.6 Å². The quantitative estimate of drug-likeness (QED) is 0.288. The van der Waals surface area contributed by atoms with Crippen molar-refractivity contribution in [2.24, 2.45) is 0 Å². The van der Waals surface area contributed by atoms with Crippen molar-refractivity contribution >= 4 is 31.4 Å². The molecule has 0 radical (unpaired) electrons. The highest BCUT2D eigenvalue weighted by atomic mass is 127. The van der Waals surface area contributed by atoms with E-state index in [9.17, 15) is 4.39 Å². The highest BCUT2D eigenvalue weighted by Gasteiger charge is 2.47. The molecule has 0 aliphatic carbocycles. The molecule has 0 heterocycles. The minimum atomic E-state index is -2.85. The molecule has 0 fully saturated rings. The molecule has 0 aliphatic heterocycles. The summed E-state index contributed by atoms with van der Waals surface area (Å²) in [5, 5.41) is 0. The molecule has 0 amide bonds. The summed E-state index contributed by atoms with van der Waals surface area (Å²) in [4.78, 5) is 0. The van der Waals surface area contributed by atoms with Crippen molar-refractivity contribution in [1.82, 2.24) is 0 Å². The summed E-state index contributed by atoms with van der Waals surface area (Å²) < 4.78 is 32.8. The lowest BCUT2D eigenvalue weighted by atomic mass is 10.8. The first-order chi connectivity index (χ1) is 6.66. The maximum atomic E-state index is 12.5. The topological polar surface area (TPSA) is 36.9 Å². The molecule has 1 unspecified atom stereocenters. The number of rotatable bonds is 8. The second-order valence-corrected chi connectivity index (χ2v) is 8.16. The smallest absolute Gasteiger partial charge is 0.382 e. The van der Waals surface area contributed by atoms with Gasteiger partial charge < -0.3 is 18.0 Å². The van der Waals surface area contributed by atoms with E-state index in [4.69, 9.17) is 18.0 Å². The van der Waals surface area contributed by atoms with E-state index >= 15 is 0 Å². The van der Waals surface area contributed by atoms with E-state index in [1.165, 1.54) is 14.2 Å². The zero-order chi connectivity index (χ0) is 11.0. The molecule has 0 spiro atoms. The maximum absolute atomic E-state index is 12.5. The molecule has 0 bridgehead atoms. The fraction of sp³-hybridized carbons (Fsp3) is 1.00. The Morgan fingerprint density at radius 3 is 2.14 bits per heavy atom. The van der Waals surface area contributed by atoms with Crippen LogP contribution in [0.3, 0.4) is 0 Å². The minimum absolute atomic E-state index is 0.351. The van der Waals surface area contributed by atoms with Crippen molar-refractivity contribution in [2.75, 3.05) is 41.2 Å². The van der Waals surface area contributed by atoms with Gasteiger partial charge in [0, 0.05) is 21.3 Å². The van der Waals surface area contributed by atoms with Crippen LogP contribution >= 0.6 is 22.6 Å². The summed E-state index contributed by atoms with van der Waals surface area (Å²) in [6, 6.07) is 0. The van der Waals surface area contributed by atoms with Gasteiger partial charge in [-0.25, -0.2) is 4.39 Å². The Balaban J connectivity index is 4.21. The van der Waals surface area contributed by atoms with E-state index in [2.05, 4.69) is 0 Å². The summed E-state index contributed by atoms with van der Waals surface area (Å²) in [7, 11) is 1.67. The van der Waals surface area contributed by atoms with Gasteiger partial charge in [-0.05, 0) is 0 Å².